The number of piperazine rings is 1. The summed E-state index contributed by atoms with van der Waals surface area (Å²) in [4.78, 5) is 32.2. The summed E-state index contributed by atoms with van der Waals surface area (Å²) in [5.74, 6) is 1.00. The van der Waals surface area contributed by atoms with E-state index in [9.17, 15) is 14.0 Å². The molecule has 8 nitrogen and oxygen atoms in total. The summed E-state index contributed by atoms with van der Waals surface area (Å²) in [6, 6.07) is 12.0. The van der Waals surface area contributed by atoms with Crippen LogP contribution < -0.4 is 9.64 Å². The number of nitrogens with one attached hydrogen (secondary N) is 1. The molecule has 0 aliphatic carbocycles. The number of methoxy groups -OCH3 is 1. The molecule has 1 fully saturated rings. The standard InChI is InChI=1S/C23H24FN5O3S/c1-15(30)17-5-8-20(19(24)13-17)28-9-11-29(12-10-28)21(31)14-33-23-25-22(26-27-23)16-3-6-18(32-2)7-4-16/h3-8,13H,9-12,14H2,1-2H3,(H,25,26,27). The number of ether oxygens (including phenoxy) is 1. The zero-order chi connectivity index (χ0) is 23.4. The van der Waals surface area contributed by atoms with Gasteiger partial charge < -0.3 is 14.5 Å². The van der Waals surface area contributed by atoms with Gasteiger partial charge >= 0.3 is 0 Å². The number of anilines is 1. The second kappa shape index (κ2) is 10.0. The predicted octanol–water partition coefficient (Wildman–Crippen LogP) is 3.26. The number of hydrogen-bond acceptors (Lipinski definition) is 7. The highest BCUT2D eigenvalue weighted by Gasteiger charge is 2.23. The van der Waals surface area contributed by atoms with Crippen molar-refractivity contribution in [3.8, 4) is 17.1 Å². The van der Waals surface area contributed by atoms with E-state index in [1.807, 2.05) is 29.2 Å². The fourth-order valence-corrected chi connectivity index (χ4v) is 4.29. The van der Waals surface area contributed by atoms with E-state index in [0.717, 1.165) is 11.3 Å². The summed E-state index contributed by atoms with van der Waals surface area (Å²) in [6.45, 7) is 3.45. The molecule has 1 saturated heterocycles. The minimum atomic E-state index is -0.421. The molecule has 4 rings (SSSR count). The fourth-order valence-electron chi connectivity index (χ4n) is 3.59. The number of H-pyrrole nitrogens is 1. The molecule has 1 amide bonds. The molecule has 1 aromatic heterocycles. The third kappa shape index (κ3) is 5.33. The predicted molar refractivity (Wildman–Crippen MR) is 124 cm³/mol. The van der Waals surface area contributed by atoms with Crippen LogP contribution in [-0.4, -0.2) is 70.8 Å². The van der Waals surface area contributed by atoms with Crippen LogP contribution in [0.4, 0.5) is 10.1 Å². The van der Waals surface area contributed by atoms with Crippen LogP contribution in [0.1, 0.15) is 17.3 Å². The molecule has 2 heterocycles. The van der Waals surface area contributed by atoms with Gasteiger partial charge in [-0.3, -0.25) is 14.7 Å². The summed E-state index contributed by atoms with van der Waals surface area (Å²) in [7, 11) is 1.61. The molecule has 2 aromatic carbocycles. The highest BCUT2D eigenvalue weighted by molar-refractivity contribution is 7.99. The minimum absolute atomic E-state index is 0.0113. The van der Waals surface area contributed by atoms with Crippen molar-refractivity contribution in [2.75, 3.05) is 43.9 Å². The van der Waals surface area contributed by atoms with Crippen molar-refractivity contribution < 1.29 is 18.7 Å². The maximum atomic E-state index is 14.4. The number of ketones is 1. The van der Waals surface area contributed by atoms with Crippen molar-refractivity contribution >= 4 is 29.1 Å². The lowest BCUT2D eigenvalue weighted by atomic mass is 10.1. The number of Topliss-reactive ketones (excluding diaryl/α,β-unsaturated/α-hetero) is 1. The Kier molecular flexibility index (Phi) is 6.93. The molecule has 33 heavy (non-hydrogen) atoms. The summed E-state index contributed by atoms with van der Waals surface area (Å²) < 4.78 is 19.6. The van der Waals surface area contributed by atoms with Crippen LogP contribution in [0, 0.1) is 5.82 Å². The molecule has 1 aliphatic rings. The Bertz CT molecular complexity index is 1140. The molecule has 172 valence electrons. The molecule has 0 radical (unpaired) electrons. The van der Waals surface area contributed by atoms with Crippen LogP contribution in [0.2, 0.25) is 0 Å². The van der Waals surface area contributed by atoms with Gasteiger partial charge in [-0.15, -0.1) is 5.10 Å². The number of amides is 1. The number of halogens is 1. The van der Waals surface area contributed by atoms with E-state index in [0.29, 0.717) is 48.4 Å². The van der Waals surface area contributed by atoms with Gasteiger partial charge in [0.2, 0.25) is 11.1 Å². The van der Waals surface area contributed by atoms with E-state index < -0.39 is 5.82 Å². The number of carbonyl (C=O) groups is 2. The highest BCUT2D eigenvalue weighted by Crippen LogP contribution is 2.24. The minimum Gasteiger partial charge on any atom is -0.497 e. The zero-order valence-electron chi connectivity index (χ0n) is 18.4. The number of rotatable bonds is 7. The van der Waals surface area contributed by atoms with Gasteiger partial charge in [0, 0.05) is 37.3 Å². The Hall–Kier alpha value is -3.40. The van der Waals surface area contributed by atoms with E-state index >= 15 is 0 Å². The molecule has 1 aliphatic heterocycles. The monoisotopic (exact) mass is 469 g/mol. The first-order chi connectivity index (χ1) is 15.9. The fraction of sp³-hybridized carbons (Fsp3) is 0.304. The number of carbonyl (C=O) groups excluding carboxylic acids is 2. The topological polar surface area (TPSA) is 91.4 Å². The van der Waals surface area contributed by atoms with Crippen LogP contribution in [0.25, 0.3) is 11.4 Å². The van der Waals surface area contributed by atoms with Crippen molar-refractivity contribution in [2.24, 2.45) is 0 Å². The molecular weight excluding hydrogens is 445 g/mol. The van der Waals surface area contributed by atoms with Gasteiger partial charge in [0.15, 0.2) is 11.6 Å². The van der Waals surface area contributed by atoms with E-state index in [2.05, 4.69) is 15.2 Å². The van der Waals surface area contributed by atoms with E-state index in [1.54, 1.807) is 24.1 Å². The third-order valence-electron chi connectivity index (χ3n) is 5.48. The molecule has 0 unspecified atom stereocenters. The first-order valence-corrected chi connectivity index (χ1v) is 11.5. The number of nitrogens with zero attached hydrogens (tertiary/aromatic N) is 4. The van der Waals surface area contributed by atoms with Gasteiger partial charge in [-0.05, 0) is 49.4 Å². The van der Waals surface area contributed by atoms with E-state index in [-0.39, 0.29) is 17.4 Å². The molecular formula is C23H24FN5O3S. The van der Waals surface area contributed by atoms with Crippen LogP contribution in [0.5, 0.6) is 5.75 Å². The first-order valence-electron chi connectivity index (χ1n) is 10.5. The molecule has 3 aromatic rings. The van der Waals surface area contributed by atoms with Crippen molar-refractivity contribution in [3.63, 3.8) is 0 Å². The maximum Gasteiger partial charge on any atom is 0.233 e. The zero-order valence-corrected chi connectivity index (χ0v) is 19.2. The Labute approximate surface area is 195 Å². The van der Waals surface area contributed by atoms with Crippen LogP contribution in [-0.2, 0) is 4.79 Å². The smallest absolute Gasteiger partial charge is 0.233 e. The second-order valence-electron chi connectivity index (χ2n) is 7.57. The van der Waals surface area contributed by atoms with Crippen molar-refractivity contribution in [2.45, 2.75) is 12.1 Å². The van der Waals surface area contributed by atoms with Gasteiger partial charge in [0.05, 0.1) is 18.6 Å². The molecule has 0 bridgehead atoms. The Morgan fingerprint density at radius 1 is 1.12 bits per heavy atom. The SMILES string of the molecule is COc1ccc(-c2nc(SCC(=O)N3CCN(c4ccc(C(C)=O)cc4F)CC3)n[nH]2)cc1. The average molecular weight is 470 g/mol. The Morgan fingerprint density at radius 3 is 2.48 bits per heavy atom. The van der Waals surface area contributed by atoms with Gasteiger partial charge in [-0.2, -0.15) is 0 Å². The number of thioether (sulfide) groups is 1. The van der Waals surface area contributed by atoms with Crippen LogP contribution in [0.3, 0.4) is 0 Å². The van der Waals surface area contributed by atoms with Gasteiger partial charge in [-0.25, -0.2) is 9.37 Å². The van der Waals surface area contributed by atoms with Gasteiger partial charge in [-0.1, -0.05) is 11.8 Å². The summed E-state index contributed by atoms with van der Waals surface area (Å²) in [6.07, 6.45) is 0. The molecule has 1 N–H and O–H groups in total. The number of aromatic amines is 1. The van der Waals surface area contributed by atoms with Crippen LogP contribution >= 0.6 is 11.8 Å². The van der Waals surface area contributed by atoms with Gasteiger partial charge in [0.1, 0.15) is 11.6 Å². The van der Waals surface area contributed by atoms with Crippen molar-refractivity contribution in [1.82, 2.24) is 20.1 Å². The maximum absolute atomic E-state index is 14.4. The lowest BCUT2D eigenvalue weighted by molar-refractivity contribution is -0.128. The molecule has 0 saturated carbocycles. The largest absolute Gasteiger partial charge is 0.497 e. The summed E-state index contributed by atoms with van der Waals surface area (Å²) in [5, 5.41) is 7.58. The molecule has 0 atom stereocenters. The van der Waals surface area contributed by atoms with E-state index in [4.69, 9.17) is 4.74 Å². The lowest BCUT2D eigenvalue weighted by Gasteiger charge is -2.36. The Morgan fingerprint density at radius 2 is 1.85 bits per heavy atom. The van der Waals surface area contributed by atoms with Crippen molar-refractivity contribution in [3.05, 3.63) is 53.8 Å². The first kappa shape index (κ1) is 22.8. The van der Waals surface area contributed by atoms with Gasteiger partial charge in [0.25, 0.3) is 0 Å². The third-order valence-corrected chi connectivity index (χ3v) is 6.31. The Balaban J connectivity index is 1.28. The van der Waals surface area contributed by atoms with Crippen LogP contribution in [0.15, 0.2) is 47.6 Å². The summed E-state index contributed by atoms with van der Waals surface area (Å²) in [5.41, 5.74) is 1.68. The van der Waals surface area contributed by atoms with E-state index in [1.165, 1.54) is 24.8 Å². The molecule has 0 spiro atoms. The quantitative estimate of drug-likeness (QED) is 0.419. The number of benzene rings is 2. The normalized spacial score (nSPS) is 13.8. The lowest BCUT2D eigenvalue weighted by Crippen LogP contribution is -2.49. The second-order valence-corrected chi connectivity index (χ2v) is 8.52. The summed E-state index contributed by atoms with van der Waals surface area (Å²) >= 11 is 1.27. The molecule has 10 heteroatoms. The average Bonchev–Trinajstić information content (AvgIpc) is 3.31. The highest BCUT2D eigenvalue weighted by atomic mass is 32.2. The van der Waals surface area contributed by atoms with Crippen molar-refractivity contribution in [1.29, 1.82) is 0 Å². The number of hydrogen-bond donors (Lipinski definition) is 1. The number of aromatic nitrogens is 3.